The summed E-state index contributed by atoms with van der Waals surface area (Å²) in [5.41, 5.74) is 4.38. The highest BCUT2D eigenvalue weighted by molar-refractivity contribution is 7.80. The van der Waals surface area contributed by atoms with Gasteiger partial charge in [-0.05, 0) is 60.4 Å². The van der Waals surface area contributed by atoms with E-state index in [1.807, 2.05) is 24.5 Å². The van der Waals surface area contributed by atoms with Crippen molar-refractivity contribution in [2.75, 3.05) is 11.5 Å². The minimum atomic E-state index is 0.914. The summed E-state index contributed by atoms with van der Waals surface area (Å²) in [7, 11) is 0. The van der Waals surface area contributed by atoms with Crippen LogP contribution in [-0.2, 0) is 12.8 Å². The van der Waals surface area contributed by atoms with Crippen molar-refractivity contribution in [2.24, 2.45) is 0 Å². The Balaban J connectivity index is 2.03. The molecular weight excluding hydrogens is 284 g/mol. The van der Waals surface area contributed by atoms with Crippen LogP contribution in [0.1, 0.15) is 24.0 Å². The van der Waals surface area contributed by atoms with Crippen molar-refractivity contribution in [1.29, 1.82) is 0 Å². The van der Waals surface area contributed by atoms with Crippen LogP contribution in [0.5, 0.6) is 0 Å². The Morgan fingerprint density at radius 3 is 1.45 bits per heavy atom. The van der Waals surface area contributed by atoms with Crippen molar-refractivity contribution in [3.8, 4) is 11.4 Å². The number of pyridine rings is 2. The molecule has 0 amide bonds. The molecule has 2 aromatic heterocycles. The van der Waals surface area contributed by atoms with Gasteiger partial charge in [-0.1, -0.05) is 12.1 Å². The van der Waals surface area contributed by atoms with Gasteiger partial charge in [0.1, 0.15) is 0 Å². The number of thiol groups is 2. The molecule has 0 atom stereocenters. The first-order valence-corrected chi connectivity index (χ1v) is 8.22. The van der Waals surface area contributed by atoms with E-state index in [0.29, 0.717) is 0 Å². The lowest BCUT2D eigenvalue weighted by Gasteiger charge is -2.04. The van der Waals surface area contributed by atoms with E-state index in [1.54, 1.807) is 0 Å². The molecule has 0 saturated heterocycles. The molecule has 0 aromatic carbocycles. The fraction of sp³-hybridized carbons (Fsp3) is 0.375. The van der Waals surface area contributed by atoms with Gasteiger partial charge in [0.05, 0.1) is 11.4 Å². The fourth-order valence-electron chi connectivity index (χ4n) is 2.01. The predicted molar refractivity (Wildman–Crippen MR) is 91.8 cm³/mol. The zero-order chi connectivity index (χ0) is 14.2. The lowest BCUT2D eigenvalue weighted by atomic mass is 10.1. The zero-order valence-electron chi connectivity index (χ0n) is 11.5. The van der Waals surface area contributed by atoms with Gasteiger partial charge in [0, 0.05) is 12.4 Å². The van der Waals surface area contributed by atoms with Gasteiger partial charge in [-0.3, -0.25) is 9.97 Å². The van der Waals surface area contributed by atoms with Crippen LogP contribution in [0, 0.1) is 0 Å². The molecule has 0 spiro atoms. The summed E-state index contributed by atoms with van der Waals surface area (Å²) in [6.07, 6.45) is 8.12. The summed E-state index contributed by atoms with van der Waals surface area (Å²) >= 11 is 8.45. The number of nitrogens with zero attached hydrogens (tertiary/aromatic N) is 2. The van der Waals surface area contributed by atoms with Gasteiger partial charge in [-0.2, -0.15) is 25.3 Å². The van der Waals surface area contributed by atoms with E-state index >= 15 is 0 Å². The molecule has 0 N–H and O–H groups in total. The molecule has 0 unspecified atom stereocenters. The molecule has 0 aliphatic rings. The number of aromatic nitrogens is 2. The molecule has 0 aliphatic heterocycles. The third-order valence-corrected chi connectivity index (χ3v) is 3.79. The second-order valence-corrected chi connectivity index (χ2v) is 5.65. The molecule has 2 rings (SSSR count). The normalized spacial score (nSPS) is 10.7. The van der Waals surface area contributed by atoms with Crippen LogP contribution in [0.3, 0.4) is 0 Å². The lowest BCUT2D eigenvalue weighted by molar-refractivity contribution is 0.924. The van der Waals surface area contributed by atoms with Crippen LogP contribution in [-0.4, -0.2) is 21.5 Å². The minimum absolute atomic E-state index is 0.914. The van der Waals surface area contributed by atoms with Gasteiger partial charge in [0.2, 0.25) is 0 Å². The first kappa shape index (κ1) is 15.4. The Hall–Kier alpha value is -1.00. The van der Waals surface area contributed by atoms with Crippen LogP contribution >= 0.6 is 25.3 Å². The number of hydrogen-bond acceptors (Lipinski definition) is 4. The molecule has 106 valence electrons. The minimum Gasteiger partial charge on any atom is -0.254 e. The number of rotatable bonds is 7. The van der Waals surface area contributed by atoms with Crippen molar-refractivity contribution in [3.05, 3.63) is 47.8 Å². The molecule has 0 fully saturated rings. The van der Waals surface area contributed by atoms with E-state index in [0.717, 1.165) is 48.6 Å². The van der Waals surface area contributed by atoms with Gasteiger partial charge >= 0.3 is 0 Å². The molecule has 0 radical (unpaired) electrons. The Kier molecular flexibility index (Phi) is 6.40. The van der Waals surface area contributed by atoms with E-state index in [2.05, 4.69) is 47.4 Å². The van der Waals surface area contributed by atoms with Crippen LogP contribution < -0.4 is 0 Å². The van der Waals surface area contributed by atoms with Gasteiger partial charge in [0.15, 0.2) is 0 Å². The molecule has 0 saturated carbocycles. The highest BCUT2D eigenvalue weighted by atomic mass is 32.1. The molecule has 0 aliphatic carbocycles. The van der Waals surface area contributed by atoms with Gasteiger partial charge in [-0.25, -0.2) is 0 Å². The maximum atomic E-state index is 4.49. The second-order valence-electron chi connectivity index (χ2n) is 4.76. The van der Waals surface area contributed by atoms with Crippen molar-refractivity contribution in [1.82, 2.24) is 9.97 Å². The maximum Gasteiger partial charge on any atom is 0.0886 e. The summed E-state index contributed by atoms with van der Waals surface area (Å²) < 4.78 is 0. The third-order valence-electron chi connectivity index (χ3n) is 3.16. The average Bonchev–Trinajstić information content (AvgIpc) is 2.52. The second kappa shape index (κ2) is 8.32. The SMILES string of the molecule is SCCCc1ccc(-c2ccc(CCCS)cn2)nc1. The lowest BCUT2D eigenvalue weighted by Crippen LogP contribution is -1.93. The predicted octanol–water partition coefficient (Wildman–Crippen LogP) is 3.87. The van der Waals surface area contributed by atoms with Crippen LogP contribution in [0.15, 0.2) is 36.7 Å². The van der Waals surface area contributed by atoms with E-state index in [4.69, 9.17) is 0 Å². The average molecular weight is 304 g/mol. The largest absolute Gasteiger partial charge is 0.254 e. The van der Waals surface area contributed by atoms with E-state index in [1.165, 1.54) is 11.1 Å². The van der Waals surface area contributed by atoms with Gasteiger partial charge < -0.3 is 0 Å². The molecule has 2 heterocycles. The molecule has 0 bridgehead atoms. The van der Waals surface area contributed by atoms with Crippen molar-refractivity contribution in [2.45, 2.75) is 25.7 Å². The topological polar surface area (TPSA) is 25.8 Å². The smallest absolute Gasteiger partial charge is 0.0886 e. The summed E-state index contributed by atoms with van der Waals surface area (Å²) in [6, 6.07) is 8.34. The quantitative estimate of drug-likeness (QED) is 0.759. The van der Waals surface area contributed by atoms with Crippen LogP contribution in [0.4, 0.5) is 0 Å². The molecule has 20 heavy (non-hydrogen) atoms. The third kappa shape index (κ3) is 4.53. The number of hydrogen-bond donors (Lipinski definition) is 2. The molecule has 2 nitrogen and oxygen atoms in total. The Morgan fingerprint density at radius 1 is 0.700 bits per heavy atom. The van der Waals surface area contributed by atoms with Gasteiger partial charge in [-0.15, -0.1) is 0 Å². The van der Waals surface area contributed by atoms with Crippen LogP contribution in [0.2, 0.25) is 0 Å². The highest BCUT2D eigenvalue weighted by Gasteiger charge is 2.02. The molecule has 4 heteroatoms. The maximum absolute atomic E-state index is 4.49. The number of aryl methyl sites for hydroxylation is 2. The first-order chi connectivity index (χ1) is 9.83. The zero-order valence-corrected chi connectivity index (χ0v) is 13.3. The van der Waals surface area contributed by atoms with E-state index in [9.17, 15) is 0 Å². The van der Waals surface area contributed by atoms with Gasteiger partial charge in [0.25, 0.3) is 0 Å². The summed E-state index contributed by atoms with van der Waals surface area (Å²) in [5.74, 6) is 1.83. The highest BCUT2D eigenvalue weighted by Crippen LogP contribution is 2.16. The Morgan fingerprint density at radius 2 is 1.15 bits per heavy atom. The van der Waals surface area contributed by atoms with Crippen molar-refractivity contribution < 1.29 is 0 Å². The standard InChI is InChI=1S/C16H20N2S2/c19-9-1-3-13-5-7-15(17-11-13)16-8-6-14(12-18-16)4-2-10-20/h5-8,11-12,19-20H,1-4,9-10H2. The summed E-state index contributed by atoms with van der Waals surface area (Å²) in [6.45, 7) is 0. The van der Waals surface area contributed by atoms with Crippen molar-refractivity contribution >= 4 is 25.3 Å². The monoisotopic (exact) mass is 304 g/mol. The van der Waals surface area contributed by atoms with E-state index < -0.39 is 0 Å². The molecular formula is C16H20N2S2. The molecule has 2 aromatic rings. The first-order valence-electron chi connectivity index (χ1n) is 6.95. The summed E-state index contributed by atoms with van der Waals surface area (Å²) in [5, 5.41) is 0. The fourth-order valence-corrected chi connectivity index (χ4v) is 2.33. The summed E-state index contributed by atoms with van der Waals surface area (Å²) in [4.78, 5) is 8.99. The van der Waals surface area contributed by atoms with Crippen LogP contribution in [0.25, 0.3) is 11.4 Å². The van der Waals surface area contributed by atoms with Crippen molar-refractivity contribution in [3.63, 3.8) is 0 Å². The van der Waals surface area contributed by atoms with E-state index in [-0.39, 0.29) is 0 Å². The Labute approximate surface area is 131 Å². The Bertz CT molecular complexity index is 460.